The van der Waals surface area contributed by atoms with Crippen LogP contribution in [0.25, 0.3) is 0 Å². The molecule has 0 radical (unpaired) electrons. The highest BCUT2D eigenvalue weighted by atomic mass is 35.5. The lowest BCUT2D eigenvalue weighted by Crippen LogP contribution is -1.86. The minimum Gasteiger partial charge on any atom is -0.207 e. The number of nitrogens with zero attached hydrogens (tertiary/aromatic N) is 1. The van der Waals surface area contributed by atoms with Crippen molar-refractivity contribution >= 4 is 23.4 Å². The Morgan fingerprint density at radius 2 is 1.83 bits per heavy atom. The van der Waals surface area contributed by atoms with Gasteiger partial charge < -0.3 is 0 Å². The molecule has 90 valence electrons. The van der Waals surface area contributed by atoms with Crippen molar-refractivity contribution in [2.75, 3.05) is 0 Å². The average Bonchev–Trinajstić information content (AvgIpc) is 2.34. The zero-order chi connectivity index (χ0) is 13.1. The minimum atomic E-state index is -0.537. The van der Waals surface area contributed by atoms with E-state index in [1.54, 1.807) is 18.2 Å². The highest BCUT2D eigenvalue weighted by Gasteiger charge is 2.10. The van der Waals surface area contributed by atoms with Crippen LogP contribution in [-0.2, 0) is 0 Å². The second-order valence-corrected chi connectivity index (χ2v) is 4.95. The molecule has 0 bridgehead atoms. The lowest BCUT2D eigenvalue weighted by Gasteiger charge is -2.05. The number of benzene rings is 2. The quantitative estimate of drug-likeness (QED) is 0.800. The Morgan fingerprint density at radius 3 is 2.56 bits per heavy atom. The predicted molar refractivity (Wildman–Crippen MR) is 66.6 cm³/mol. The van der Waals surface area contributed by atoms with Gasteiger partial charge in [-0.2, -0.15) is 5.26 Å². The molecule has 0 saturated carbocycles. The molecule has 2 rings (SSSR count). The van der Waals surface area contributed by atoms with Crippen LogP contribution in [0.3, 0.4) is 0 Å². The molecule has 2 aromatic rings. The molecular weight excluding hydrogens is 276 g/mol. The lowest BCUT2D eigenvalue weighted by atomic mass is 10.2. The zero-order valence-electron chi connectivity index (χ0n) is 8.95. The largest absolute Gasteiger partial charge is 0.207 e. The van der Waals surface area contributed by atoms with Gasteiger partial charge in [-0.1, -0.05) is 23.4 Å². The van der Waals surface area contributed by atoms with Crippen molar-refractivity contribution in [2.45, 2.75) is 9.79 Å². The van der Waals surface area contributed by atoms with Crippen LogP contribution in [0.4, 0.5) is 8.78 Å². The Labute approximate surface area is 112 Å². The van der Waals surface area contributed by atoms with E-state index in [2.05, 4.69) is 0 Å². The monoisotopic (exact) mass is 281 g/mol. The Kier molecular flexibility index (Phi) is 3.85. The Bertz CT molecular complexity index is 637. The number of nitriles is 1. The van der Waals surface area contributed by atoms with E-state index in [4.69, 9.17) is 16.9 Å². The summed E-state index contributed by atoms with van der Waals surface area (Å²) < 4.78 is 26.5. The van der Waals surface area contributed by atoms with Crippen molar-refractivity contribution in [3.63, 3.8) is 0 Å². The van der Waals surface area contributed by atoms with Gasteiger partial charge in [0.15, 0.2) is 0 Å². The van der Waals surface area contributed by atoms with Gasteiger partial charge in [-0.15, -0.1) is 0 Å². The molecule has 0 spiro atoms. The molecule has 2 aromatic carbocycles. The number of rotatable bonds is 2. The summed E-state index contributed by atoms with van der Waals surface area (Å²) in [4.78, 5) is 0.614. The smallest absolute Gasteiger partial charge is 0.137 e. The maximum Gasteiger partial charge on any atom is 0.137 e. The molecule has 0 heterocycles. The Hall–Kier alpha value is -1.57. The number of hydrogen-bond donors (Lipinski definition) is 0. The van der Waals surface area contributed by atoms with Gasteiger partial charge in [0.2, 0.25) is 0 Å². The normalized spacial score (nSPS) is 10.1. The third kappa shape index (κ3) is 2.81. The molecule has 0 atom stereocenters. The fraction of sp³-hybridized carbons (Fsp3) is 0. The maximum atomic E-state index is 13.5. The van der Waals surface area contributed by atoms with Gasteiger partial charge in [-0.05, 0) is 36.4 Å². The van der Waals surface area contributed by atoms with E-state index in [-0.39, 0.29) is 4.90 Å². The molecule has 0 aliphatic carbocycles. The fourth-order valence-electron chi connectivity index (χ4n) is 1.35. The predicted octanol–water partition coefficient (Wildman–Crippen LogP) is 4.64. The van der Waals surface area contributed by atoms with E-state index in [0.717, 1.165) is 30.0 Å². The van der Waals surface area contributed by atoms with Crippen molar-refractivity contribution in [3.05, 3.63) is 58.6 Å². The van der Waals surface area contributed by atoms with E-state index in [0.29, 0.717) is 15.5 Å². The topological polar surface area (TPSA) is 23.8 Å². The van der Waals surface area contributed by atoms with Gasteiger partial charge in [-0.3, -0.25) is 0 Å². The molecule has 1 nitrogen and oxygen atoms in total. The summed E-state index contributed by atoms with van der Waals surface area (Å²) in [6.07, 6.45) is 0. The standard InChI is InChI=1S/C13H6ClF2NS/c14-9-2-1-8(7-17)12(5-9)18-13-6-10(15)3-4-11(13)16/h1-6H. The summed E-state index contributed by atoms with van der Waals surface area (Å²) >= 11 is 6.79. The number of halogens is 3. The molecule has 5 heteroatoms. The van der Waals surface area contributed by atoms with Gasteiger partial charge in [-0.25, -0.2) is 8.78 Å². The van der Waals surface area contributed by atoms with Crippen LogP contribution in [0.15, 0.2) is 46.2 Å². The van der Waals surface area contributed by atoms with Crippen LogP contribution in [0.1, 0.15) is 5.56 Å². The van der Waals surface area contributed by atoms with E-state index in [1.165, 1.54) is 0 Å². The van der Waals surface area contributed by atoms with Crippen LogP contribution < -0.4 is 0 Å². The van der Waals surface area contributed by atoms with E-state index in [9.17, 15) is 8.78 Å². The van der Waals surface area contributed by atoms with Gasteiger partial charge >= 0.3 is 0 Å². The molecule has 0 amide bonds. The van der Waals surface area contributed by atoms with E-state index >= 15 is 0 Å². The molecule has 0 saturated heterocycles. The first-order valence-corrected chi connectivity index (χ1v) is 6.12. The third-order valence-electron chi connectivity index (χ3n) is 2.18. The minimum absolute atomic E-state index is 0.119. The van der Waals surface area contributed by atoms with Crippen LogP contribution in [0.2, 0.25) is 5.02 Å². The van der Waals surface area contributed by atoms with Crippen LogP contribution in [0, 0.1) is 23.0 Å². The fourth-order valence-corrected chi connectivity index (χ4v) is 2.57. The van der Waals surface area contributed by atoms with Crippen molar-refractivity contribution in [1.29, 1.82) is 5.26 Å². The third-order valence-corrected chi connectivity index (χ3v) is 3.50. The molecule has 0 fully saturated rings. The maximum absolute atomic E-state index is 13.5. The van der Waals surface area contributed by atoms with Crippen molar-refractivity contribution < 1.29 is 8.78 Å². The first-order valence-electron chi connectivity index (χ1n) is 4.92. The van der Waals surface area contributed by atoms with Crippen LogP contribution in [0.5, 0.6) is 0 Å². The summed E-state index contributed by atoms with van der Waals surface area (Å²) in [7, 11) is 0. The molecule has 0 aliphatic rings. The Morgan fingerprint density at radius 1 is 1.06 bits per heavy atom. The Balaban J connectivity index is 2.43. The van der Waals surface area contributed by atoms with Gasteiger partial charge in [0.1, 0.15) is 17.7 Å². The zero-order valence-corrected chi connectivity index (χ0v) is 10.5. The number of hydrogen-bond acceptors (Lipinski definition) is 2. The van der Waals surface area contributed by atoms with Crippen molar-refractivity contribution in [2.24, 2.45) is 0 Å². The second kappa shape index (κ2) is 5.38. The average molecular weight is 282 g/mol. The van der Waals surface area contributed by atoms with Crippen molar-refractivity contribution in [1.82, 2.24) is 0 Å². The van der Waals surface area contributed by atoms with Crippen molar-refractivity contribution in [3.8, 4) is 6.07 Å². The first kappa shape index (κ1) is 12.9. The summed E-state index contributed by atoms with van der Waals surface area (Å²) in [5.41, 5.74) is 0.369. The van der Waals surface area contributed by atoms with Crippen LogP contribution >= 0.6 is 23.4 Å². The van der Waals surface area contributed by atoms with Gasteiger partial charge in [0.05, 0.1) is 10.5 Å². The molecule has 0 unspecified atom stereocenters. The molecular formula is C13H6ClF2NS. The highest BCUT2D eigenvalue weighted by molar-refractivity contribution is 7.99. The molecule has 18 heavy (non-hydrogen) atoms. The summed E-state index contributed by atoms with van der Waals surface area (Å²) in [5.74, 6) is -1.07. The molecule has 0 N–H and O–H groups in total. The van der Waals surface area contributed by atoms with Gasteiger partial charge in [0.25, 0.3) is 0 Å². The summed E-state index contributed by atoms with van der Waals surface area (Å²) in [5, 5.41) is 9.38. The summed E-state index contributed by atoms with van der Waals surface area (Å²) in [6, 6.07) is 9.83. The summed E-state index contributed by atoms with van der Waals surface area (Å²) in [6.45, 7) is 0. The van der Waals surface area contributed by atoms with Gasteiger partial charge in [0, 0.05) is 9.92 Å². The lowest BCUT2D eigenvalue weighted by molar-refractivity contribution is 0.577. The highest BCUT2D eigenvalue weighted by Crippen LogP contribution is 2.34. The van der Waals surface area contributed by atoms with E-state index < -0.39 is 11.6 Å². The SMILES string of the molecule is N#Cc1ccc(Cl)cc1Sc1cc(F)ccc1F. The molecule has 0 aromatic heterocycles. The second-order valence-electron chi connectivity index (χ2n) is 3.43. The first-order chi connectivity index (χ1) is 8.60. The van der Waals surface area contributed by atoms with Crippen LogP contribution in [-0.4, -0.2) is 0 Å². The van der Waals surface area contributed by atoms with E-state index in [1.807, 2.05) is 6.07 Å². The molecule has 0 aliphatic heterocycles.